The smallest absolute Gasteiger partial charge is 0.0351 e. The summed E-state index contributed by atoms with van der Waals surface area (Å²) in [6.45, 7) is 6.87. The van der Waals surface area contributed by atoms with Gasteiger partial charge in [-0.3, -0.25) is 0 Å². The van der Waals surface area contributed by atoms with E-state index in [2.05, 4.69) is 32.9 Å². The first-order valence-electron chi connectivity index (χ1n) is 12.0. The maximum atomic E-state index is 2.36. The Balaban J connectivity index is 3.58. The molecule has 0 amide bonds. The molecule has 0 saturated heterocycles. The second kappa shape index (κ2) is 21.8. The molecule has 0 radical (unpaired) electrons. The van der Waals surface area contributed by atoms with E-state index in [9.17, 15) is 0 Å². The summed E-state index contributed by atoms with van der Waals surface area (Å²) >= 11 is 0. The minimum absolute atomic E-state index is 1.03. The van der Waals surface area contributed by atoms with E-state index in [1.54, 1.807) is 0 Å². The molecule has 0 aliphatic carbocycles. The summed E-state index contributed by atoms with van der Waals surface area (Å²) in [5, 5.41) is 0. The van der Waals surface area contributed by atoms with Gasteiger partial charge in [0.15, 0.2) is 0 Å². The van der Waals surface area contributed by atoms with Crippen LogP contribution >= 0.6 is 0 Å². The quantitative estimate of drug-likeness (QED) is 0.151. The molecule has 0 bridgehead atoms. The fraction of sp³-hybridized carbons (Fsp3) is 0.920. The largest absolute Gasteiger partial charge is 0.0888 e. The average Bonchev–Trinajstić information content (AvgIpc) is 2.63. The summed E-state index contributed by atoms with van der Waals surface area (Å²) < 4.78 is 0. The van der Waals surface area contributed by atoms with Crippen molar-refractivity contribution in [3.63, 3.8) is 0 Å². The Morgan fingerprint density at radius 2 is 0.960 bits per heavy atom. The summed E-state index contributed by atoms with van der Waals surface area (Å²) in [6, 6.07) is 0. The third-order valence-corrected chi connectivity index (χ3v) is 5.57. The lowest BCUT2D eigenvalue weighted by molar-refractivity contribution is 0.371. The molecule has 0 aromatic carbocycles. The van der Waals surface area contributed by atoms with Crippen molar-refractivity contribution in [1.82, 2.24) is 0 Å². The van der Waals surface area contributed by atoms with Gasteiger partial charge in [-0.05, 0) is 25.2 Å². The van der Waals surface area contributed by atoms with Gasteiger partial charge in [-0.15, -0.1) is 0 Å². The van der Waals surface area contributed by atoms with Crippen LogP contribution in [0.5, 0.6) is 0 Å². The van der Waals surface area contributed by atoms with E-state index in [1.165, 1.54) is 122 Å². The van der Waals surface area contributed by atoms with Crippen molar-refractivity contribution in [2.24, 2.45) is 5.92 Å². The Bertz CT molecular complexity index is 253. The van der Waals surface area contributed by atoms with E-state index >= 15 is 0 Å². The predicted molar refractivity (Wildman–Crippen MR) is 117 cm³/mol. The van der Waals surface area contributed by atoms with Gasteiger partial charge >= 0.3 is 0 Å². The number of allylic oxidation sites excluding steroid dienone is 2. The third kappa shape index (κ3) is 19.9. The normalized spacial score (nSPS) is 12.9. The van der Waals surface area contributed by atoms with Crippen LogP contribution in [-0.2, 0) is 0 Å². The second-order valence-corrected chi connectivity index (χ2v) is 8.14. The fourth-order valence-electron chi connectivity index (χ4n) is 3.83. The van der Waals surface area contributed by atoms with E-state index in [0.29, 0.717) is 0 Å². The SMILES string of the molecule is CCC=CCCCCCCCC(CCCC)CCCCCCCCC. The number of hydrogen-bond donors (Lipinski definition) is 0. The van der Waals surface area contributed by atoms with Gasteiger partial charge in [-0.2, -0.15) is 0 Å². The molecule has 25 heavy (non-hydrogen) atoms. The molecule has 0 aliphatic rings. The van der Waals surface area contributed by atoms with E-state index in [1.807, 2.05) is 0 Å². The van der Waals surface area contributed by atoms with Gasteiger partial charge < -0.3 is 0 Å². The van der Waals surface area contributed by atoms with E-state index in [-0.39, 0.29) is 0 Å². The molecule has 0 fully saturated rings. The van der Waals surface area contributed by atoms with E-state index < -0.39 is 0 Å². The van der Waals surface area contributed by atoms with Gasteiger partial charge in [-0.25, -0.2) is 0 Å². The van der Waals surface area contributed by atoms with Gasteiger partial charge in [-0.1, -0.05) is 136 Å². The highest BCUT2D eigenvalue weighted by Gasteiger charge is 2.08. The zero-order chi connectivity index (χ0) is 18.4. The van der Waals surface area contributed by atoms with Gasteiger partial charge in [0.05, 0.1) is 0 Å². The third-order valence-electron chi connectivity index (χ3n) is 5.57. The fourth-order valence-corrected chi connectivity index (χ4v) is 3.83. The van der Waals surface area contributed by atoms with Crippen molar-refractivity contribution in [2.45, 2.75) is 143 Å². The van der Waals surface area contributed by atoms with Crippen molar-refractivity contribution in [1.29, 1.82) is 0 Å². The molecule has 0 heteroatoms. The van der Waals surface area contributed by atoms with Crippen molar-refractivity contribution < 1.29 is 0 Å². The zero-order valence-corrected chi connectivity index (χ0v) is 18.2. The number of unbranched alkanes of at least 4 members (excludes halogenated alkanes) is 12. The molecule has 0 aromatic heterocycles. The summed E-state index contributed by atoms with van der Waals surface area (Å²) in [5.74, 6) is 1.03. The molecule has 150 valence electrons. The minimum atomic E-state index is 1.03. The van der Waals surface area contributed by atoms with Crippen LogP contribution in [0.15, 0.2) is 12.2 Å². The lowest BCUT2D eigenvalue weighted by Gasteiger charge is -2.16. The molecule has 1 atom stereocenters. The molecule has 0 spiro atoms. The van der Waals surface area contributed by atoms with Gasteiger partial charge in [0.2, 0.25) is 0 Å². The Hall–Kier alpha value is -0.260. The Morgan fingerprint density at radius 3 is 1.52 bits per heavy atom. The van der Waals surface area contributed by atoms with E-state index in [4.69, 9.17) is 0 Å². The highest BCUT2D eigenvalue weighted by Crippen LogP contribution is 2.24. The first-order valence-corrected chi connectivity index (χ1v) is 12.0. The van der Waals surface area contributed by atoms with Crippen LogP contribution in [0, 0.1) is 5.92 Å². The molecule has 1 unspecified atom stereocenters. The number of rotatable bonds is 20. The molecule has 0 aliphatic heterocycles. The molecular formula is C25H50. The maximum absolute atomic E-state index is 2.36. The summed E-state index contributed by atoms with van der Waals surface area (Å²) in [4.78, 5) is 0. The van der Waals surface area contributed by atoms with Crippen LogP contribution in [0.1, 0.15) is 143 Å². The minimum Gasteiger partial charge on any atom is -0.0888 e. The van der Waals surface area contributed by atoms with Crippen LogP contribution < -0.4 is 0 Å². The van der Waals surface area contributed by atoms with Crippen molar-refractivity contribution in [2.75, 3.05) is 0 Å². The molecule has 0 nitrogen and oxygen atoms in total. The Morgan fingerprint density at radius 1 is 0.480 bits per heavy atom. The standard InChI is InChI=1S/C25H50/c1-4-7-10-12-14-15-17-19-21-24-25(22-9-6-3)23-20-18-16-13-11-8-5-2/h7,10,25H,4-6,8-9,11-24H2,1-3H3. The monoisotopic (exact) mass is 350 g/mol. The van der Waals surface area contributed by atoms with Gasteiger partial charge in [0, 0.05) is 0 Å². The summed E-state index contributed by atoms with van der Waals surface area (Å²) in [7, 11) is 0. The second-order valence-electron chi connectivity index (χ2n) is 8.14. The van der Waals surface area contributed by atoms with Crippen LogP contribution in [-0.4, -0.2) is 0 Å². The van der Waals surface area contributed by atoms with Crippen LogP contribution in [0.2, 0.25) is 0 Å². The molecule has 0 N–H and O–H groups in total. The first kappa shape index (κ1) is 24.7. The molecule has 0 aromatic rings. The molecule has 0 rings (SSSR count). The number of hydrogen-bond acceptors (Lipinski definition) is 0. The summed E-state index contributed by atoms with van der Waals surface area (Å²) in [5.41, 5.74) is 0. The molecule has 0 saturated carbocycles. The lowest BCUT2D eigenvalue weighted by atomic mass is 9.90. The zero-order valence-electron chi connectivity index (χ0n) is 18.2. The average molecular weight is 351 g/mol. The van der Waals surface area contributed by atoms with E-state index in [0.717, 1.165) is 5.92 Å². The highest BCUT2D eigenvalue weighted by molar-refractivity contribution is 4.79. The molecule has 0 heterocycles. The predicted octanol–water partition coefficient (Wildman–Crippen LogP) is 9.63. The molecular weight excluding hydrogens is 300 g/mol. The van der Waals surface area contributed by atoms with Crippen LogP contribution in [0.25, 0.3) is 0 Å². The highest BCUT2D eigenvalue weighted by atomic mass is 14.1. The Labute approximate surface area is 161 Å². The van der Waals surface area contributed by atoms with Crippen molar-refractivity contribution >= 4 is 0 Å². The van der Waals surface area contributed by atoms with Gasteiger partial charge in [0.25, 0.3) is 0 Å². The lowest BCUT2D eigenvalue weighted by Crippen LogP contribution is -2.01. The van der Waals surface area contributed by atoms with Crippen molar-refractivity contribution in [3.05, 3.63) is 12.2 Å². The van der Waals surface area contributed by atoms with Crippen LogP contribution in [0.3, 0.4) is 0 Å². The van der Waals surface area contributed by atoms with Crippen LogP contribution in [0.4, 0.5) is 0 Å². The topological polar surface area (TPSA) is 0 Å². The summed E-state index contributed by atoms with van der Waals surface area (Å²) in [6.07, 6.45) is 31.9. The van der Waals surface area contributed by atoms with Gasteiger partial charge in [0.1, 0.15) is 0 Å². The maximum Gasteiger partial charge on any atom is -0.0351 e. The first-order chi connectivity index (χ1) is 12.3. The Kier molecular flexibility index (Phi) is 21.6. The van der Waals surface area contributed by atoms with Crippen molar-refractivity contribution in [3.8, 4) is 0 Å².